The molecule has 6 nitrogen and oxygen atoms in total. The van der Waals surface area contributed by atoms with Crippen LogP contribution in [-0.4, -0.2) is 37.2 Å². The fraction of sp³-hybridized carbons (Fsp3) is 0.788. The summed E-state index contributed by atoms with van der Waals surface area (Å²) < 4.78 is 16.6. The smallest absolute Gasteiger partial charge is 0.306 e. The van der Waals surface area contributed by atoms with Crippen molar-refractivity contribution >= 4 is 17.9 Å². The first-order chi connectivity index (χ1) is 28.5. The van der Waals surface area contributed by atoms with Gasteiger partial charge in [0, 0.05) is 19.3 Å². The van der Waals surface area contributed by atoms with Crippen molar-refractivity contribution in [2.24, 2.45) is 0 Å². The van der Waals surface area contributed by atoms with Crippen molar-refractivity contribution in [2.45, 2.75) is 252 Å². The van der Waals surface area contributed by atoms with E-state index in [1.807, 2.05) is 0 Å². The van der Waals surface area contributed by atoms with Gasteiger partial charge in [-0.1, -0.05) is 217 Å². The molecule has 0 amide bonds. The molecule has 0 saturated carbocycles. The number of esters is 3. The summed E-state index contributed by atoms with van der Waals surface area (Å²) in [6.45, 7) is 6.42. The van der Waals surface area contributed by atoms with Gasteiger partial charge in [-0.2, -0.15) is 0 Å². The van der Waals surface area contributed by atoms with Crippen molar-refractivity contribution in [3.05, 3.63) is 48.6 Å². The van der Waals surface area contributed by atoms with Crippen LogP contribution in [0, 0.1) is 0 Å². The number of hydrogen-bond donors (Lipinski definition) is 0. The Bertz CT molecular complexity index is 1030. The van der Waals surface area contributed by atoms with Crippen molar-refractivity contribution in [3.8, 4) is 0 Å². The predicted molar refractivity (Wildman–Crippen MR) is 247 cm³/mol. The molecule has 336 valence electrons. The molecule has 0 spiro atoms. The van der Waals surface area contributed by atoms with Gasteiger partial charge in [0.15, 0.2) is 6.10 Å². The van der Waals surface area contributed by atoms with E-state index in [1.165, 1.54) is 122 Å². The minimum Gasteiger partial charge on any atom is -0.462 e. The van der Waals surface area contributed by atoms with E-state index in [9.17, 15) is 14.4 Å². The Morgan fingerprint density at radius 3 is 1.05 bits per heavy atom. The standard InChI is InChI=1S/C52H92O6/c1-4-7-10-13-16-17-18-19-20-21-22-23-24-25-26-27-28-29-30-31-32-33-34-35-37-39-42-45-51(54)57-48-49(47-56-50(53)44-41-38-15-12-9-6-3)58-52(55)46-43-40-36-14-11-8-5-2/h7,10,16-17,19-20,22-23,49H,4-6,8-9,11-15,18,21,24-48H2,1-3H3/b10-7-,17-16-,20-19-,23-22-. The third-order valence-corrected chi connectivity index (χ3v) is 10.6. The second-order valence-electron chi connectivity index (χ2n) is 16.4. The first-order valence-electron chi connectivity index (χ1n) is 24.6. The van der Waals surface area contributed by atoms with E-state index < -0.39 is 6.10 Å². The third kappa shape index (κ3) is 44.5. The first kappa shape index (κ1) is 55.4. The van der Waals surface area contributed by atoms with Gasteiger partial charge < -0.3 is 14.2 Å². The van der Waals surface area contributed by atoms with Gasteiger partial charge in [-0.05, 0) is 57.8 Å². The maximum Gasteiger partial charge on any atom is 0.306 e. The van der Waals surface area contributed by atoms with Crippen LogP contribution in [0.4, 0.5) is 0 Å². The summed E-state index contributed by atoms with van der Waals surface area (Å²) in [7, 11) is 0. The average Bonchev–Trinajstić information content (AvgIpc) is 3.22. The number of hydrogen-bond acceptors (Lipinski definition) is 6. The van der Waals surface area contributed by atoms with Gasteiger partial charge in [0.05, 0.1) is 0 Å². The summed E-state index contributed by atoms with van der Waals surface area (Å²) in [5.74, 6) is -0.885. The fourth-order valence-electron chi connectivity index (χ4n) is 6.90. The quantitative estimate of drug-likeness (QED) is 0.0264. The molecule has 0 aliphatic carbocycles. The lowest BCUT2D eigenvalue weighted by atomic mass is 10.0. The molecule has 0 aromatic carbocycles. The Kier molecular flexibility index (Phi) is 44.9. The maximum atomic E-state index is 12.6. The summed E-state index contributed by atoms with van der Waals surface area (Å²) >= 11 is 0. The van der Waals surface area contributed by atoms with Gasteiger partial charge in [0.1, 0.15) is 13.2 Å². The highest BCUT2D eigenvalue weighted by Crippen LogP contribution is 2.15. The highest BCUT2D eigenvalue weighted by molar-refractivity contribution is 5.71. The topological polar surface area (TPSA) is 78.9 Å². The summed E-state index contributed by atoms with van der Waals surface area (Å²) in [6, 6.07) is 0. The zero-order valence-corrected chi connectivity index (χ0v) is 38.3. The third-order valence-electron chi connectivity index (χ3n) is 10.6. The monoisotopic (exact) mass is 813 g/mol. The van der Waals surface area contributed by atoms with Crippen molar-refractivity contribution in [1.29, 1.82) is 0 Å². The Morgan fingerprint density at radius 1 is 0.362 bits per heavy atom. The second-order valence-corrected chi connectivity index (χ2v) is 16.4. The van der Waals surface area contributed by atoms with Crippen molar-refractivity contribution in [1.82, 2.24) is 0 Å². The van der Waals surface area contributed by atoms with E-state index in [0.717, 1.165) is 83.5 Å². The van der Waals surface area contributed by atoms with Crippen LogP contribution in [-0.2, 0) is 28.6 Å². The van der Waals surface area contributed by atoms with E-state index in [0.29, 0.717) is 19.3 Å². The molecule has 0 aromatic rings. The average molecular weight is 813 g/mol. The van der Waals surface area contributed by atoms with Crippen LogP contribution in [0.1, 0.15) is 245 Å². The Hall–Kier alpha value is -2.63. The maximum absolute atomic E-state index is 12.6. The molecule has 0 N–H and O–H groups in total. The molecule has 0 aliphatic heterocycles. The summed E-state index contributed by atoms with van der Waals surface area (Å²) in [4.78, 5) is 37.4. The highest BCUT2D eigenvalue weighted by atomic mass is 16.6. The minimum absolute atomic E-state index is 0.0709. The van der Waals surface area contributed by atoms with Crippen molar-refractivity contribution in [3.63, 3.8) is 0 Å². The van der Waals surface area contributed by atoms with Crippen LogP contribution >= 0.6 is 0 Å². The molecule has 0 bridgehead atoms. The summed E-state index contributed by atoms with van der Waals surface area (Å²) in [5, 5.41) is 0. The number of carbonyl (C=O) groups is 3. The lowest BCUT2D eigenvalue weighted by Gasteiger charge is -2.18. The zero-order chi connectivity index (χ0) is 42.3. The number of unbranched alkanes of at least 4 members (excludes halogenated alkanes) is 25. The molecule has 0 saturated heterocycles. The molecule has 0 aliphatic rings. The normalized spacial score (nSPS) is 12.4. The molecule has 0 rings (SSSR count). The second kappa shape index (κ2) is 47.1. The molecule has 1 atom stereocenters. The zero-order valence-electron chi connectivity index (χ0n) is 38.3. The van der Waals surface area contributed by atoms with Crippen LogP contribution in [0.15, 0.2) is 48.6 Å². The fourth-order valence-corrected chi connectivity index (χ4v) is 6.90. The summed E-state index contributed by atoms with van der Waals surface area (Å²) in [6.07, 6.45) is 55.8. The van der Waals surface area contributed by atoms with Crippen molar-refractivity contribution < 1.29 is 28.6 Å². The van der Waals surface area contributed by atoms with E-state index >= 15 is 0 Å². The van der Waals surface area contributed by atoms with Gasteiger partial charge in [-0.3, -0.25) is 14.4 Å². The molecule has 0 heterocycles. The Balaban J connectivity index is 3.94. The number of carbonyl (C=O) groups excluding carboxylic acids is 3. The SMILES string of the molecule is CC/C=C\C/C=C\C/C=C\C/C=C\CCCCCCCCCCCCCCCCC(=O)OCC(COC(=O)CCCCCCCC)OC(=O)CCCCCCCCC. The lowest BCUT2D eigenvalue weighted by molar-refractivity contribution is -0.167. The molecule has 0 fully saturated rings. The molecule has 6 heteroatoms. The van der Waals surface area contributed by atoms with Crippen LogP contribution < -0.4 is 0 Å². The van der Waals surface area contributed by atoms with Gasteiger partial charge in [0.2, 0.25) is 0 Å². The van der Waals surface area contributed by atoms with E-state index in [2.05, 4.69) is 69.4 Å². The first-order valence-corrected chi connectivity index (χ1v) is 24.6. The van der Waals surface area contributed by atoms with Gasteiger partial charge in [0.25, 0.3) is 0 Å². The minimum atomic E-state index is -0.762. The largest absolute Gasteiger partial charge is 0.462 e. The number of ether oxygens (including phenoxy) is 3. The molecule has 58 heavy (non-hydrogen) atoms. The highest BCUT2D eigenvalue weighted by Gasteiger charge is 2.19. The van der Waals surface area contributed by atoms with Gasteiger partial charge in [-0.15, -0.1) is 0 Å². The summed E-state index contributed by atoms with van der Waals surface area (Å²) in [5.41, 5.74) is 0. The molecular weight excluding hydrogens is 721 g/mol. The predicted octanol–water partition coefficient (Wildman–Crippen LogP) is 15.9. The van der Waals surface area contributed by atoms with E-state index in [4.69, 9.17) is 14.2 Å². The van der Waals surface area contributed by atoms with Crippen LogP contribution in [0.25, 0.3) is 0 Å². The lowest BCUT2D eigenvalue weighted by Crippen LogP contribution is -2.30. The van der Waals surface area contributed by atoms with Gasteiger partial charge in [-0.25, -0.2) is 0 Å². The Labute approximate surface area is 358 Å². The molecule has 0 radical (unpaired) electrons. The van der Waals surface area contributed by atoms with Gasteiger partial charge >= 0.3 is 17.9 Å². The number of rotatable bonds is 44. The molecule has 0 aromatic heterocycles. The molecule has 1 unspecified atom stereocenters. The molecular formula is C52H92O6. The number of allylic oxidation sites excluding steroid dienone is 8. The van der Waals surface area contributed by atoms with E-state index in [-0.39, 0.29) is 31.1 Å². The van der Waals surface area contributed by atoms with Crippen LogP contribution in [0.2, 0.25) is 0 Å². The van der Waals surface area contributed by atoms with Crippen LogP contribution in [0.3, 0.4) is 0 Å². The van der Waals surface area contributed by atoms with Crippen molar-refractivity contribution in [2.75, 3.05) is 13.2 Å². The van der Waals surface area contributed by atoms with Crippen LogP contribution in [0.5, 0.6) is 0 Å². The van der Waals surface area contributed by atoms with E-state index in [1.54, 1.807) is 0 Å². The Morgan fingerprint density at radius 2 is 0.672 bits per heavy atom.